The summed E-state index contributed by atoms with van der Waals surface area (Å²) in [6, 6.07) is 12.3. The lowest BCUT2D eigenvalue weighted by Crippen LogP contribution is -2.49. The van der Waals surface area contributed by atoms with Crippen molar-refractivity contribution in [1.29, 1.82) is 0 Å². The van der Waals surface area contributed by atoms with Crippen molar-refractivity contribution in [3.05, 3.63) is 93.2 Å². The van der Waals surface area contributed by atoms with E-state index in [2.05, 4.69) is 20.7 Å². The Morgan fingerprint density at radius 3 is 2.43 bits per heavy atom. The van der Waals surface area contributed by atoms with Crippen LogP contribution >= 0.6 is 11.3 Å². The second-order valence-corrected chi connectivity index (χ2v) is 11.2. The van der Waals surface area contributed by atoms with Crippen LogP contribution in [0.2, 0.25) is 0 Å². The molecule has 0 bridgehead atoms. The van der Waals surface area contributed by atoms with Gasteiger partial charge in [0.25, 0.3) is 11.8 Å². The molecular formula is C30H33F4N5O4S. The van der Waals surface area contributed by atoms with Crippen molar-refractivity contribution in [2.24, 2.45) is 5.73 Å². The van der Waals surface area contributed by atoms with E-state index in [4.69, 9.17) is 5.73 Å². The molecule has 5 N–H and O–H groups in total. The Morgan fingerprint density at radius 2 is 1.77 bits per heavy atom. The number of benzene rings is 2. The largest absolute Gasteiger partial charge is 0.347 e. The maximum Gasteiger partial charge on any atom is 0.345 e. The van der Waals surface area contributed by atoms with Crippen molar-refractivity contribution in [3.8, 4) is 0 Å². The number of likely N-dealkylation sites (tertiary alicyclic amines) is 1. The Balaban J connectivity index is 1.38. The van der Waals surface area contributed by atoms with E-state index >= 15 is 0 Å². The van der Waals surface area contributed by atoms with Crippen LogP contribution in [0.5, 0.6) is 0 Å². The van der Waals surface area contributed by atoms with Gasteiger partial charge in [-0.25, -0.2) is 0 Å². The number of hydrogen-bond donors (Lipinski definition) is 4. The lowest BCUT2D eigenvalue weighted by molar-refractivity contribution is -0.160. The summed E-state index contributed by atoms with van der Waals surface area (Å²) in [5, 5.41) is 10.2. The molecule has 1 saturated heterocycles. The highest BCUT2D eigenvalue weighted by Crippen LogP contribution is 2.35. The van der Waals surface area contributed by atoms with Crippen molar-refractivity contribution in [2.75, 3.05) is 19.8 Å². The molecule has 1 aliphatic heterocycles. The number of alkyl halides is 4. The number of thiophene rings is 1. The van der Waals surface area contributed by atoms with Crippen LogP contribution in [0.15, 0.2) is 66.0 Å². The molecule has 0 saturated carbocycles. The van der Waals surface area contributed by atoms with E-state index in [9.17, 15) is 31.9 Å². The van der Waals surface area contributed by atoms with Crippen molar-refractivity contribution in [2.45, 2.75) is 50.6 Å². The van der Waals surface area contributed by atoms with E-state index in [1.165, 1.54) is 47.7 Å². The minimum atomic E-state index is -3.28. The summed E-state index contributed by atoms with van der Waals surface area (Å²) in [6.07, 6.45) is -1.24. The molecule has 0 aliphatic carbocycles. The molecule has 9 nitrogen and oxygen atoms in total. The second-order valence-electron chi connectivity index (χ2n) is 10.2. The zero-order valence-electron chi connectivity index (χ0n) is 23.8. The van der Waals surface area contributed by atoms with Gasteiger partial charge >= 0.3 is 6.61 Å². The predicted octanol–water partition coefficient (Wildman–Crippen LogP) is 3.71. The maximum absolute atomic E-state index is 14.8. The Morgan fingerprint density at radius 1 is 1.09 bits per heavy atom. The number of halogens is 4. The summed E-state index contributed by atoms with van der Waals surface area (Å²) >= 11 is 1.43. The van der Waals surface area contributed by atoms with Crippen molar-refractivity contribution in [1.82, 2.24) is 20.9 Å². The normalized spacial score (nSPS) is 17.5. The van der Waals surface area contributed by atoms with Gasteiger partial charge in [-0.15, -0.1) is 11.3 Å². The molecule has 1 fully saturated rings. The number of rotatable bonds is 13. The topological polar surface area (TPSA) is 126 Å². The monoisotopic (exact) mass is 635 g/mol. The molecule has 0 unspecified atom stereocenters. The minimum absolute atomic E-state index is 0.0332. The molecule has 44 heavy (non-hydrogen) atoms. The molecule has 3 aromatic rings. The van der Waals surface area contributed by atoms with Crippen LogP contribution in [0, 0.1) is 0 Å². The van der Waals surface area contributed by atoms with Gasteiger partial charge in [-0.05, 0) is 36.1 Å². The van der Waals surface area contributed by atoms with Crippen LogP contribution in [0.4, 0.5) is 17.6 Å². The zero-order valence-corrected chi connectivity index (χ0v) is 24.6. The van der Waals surface area contributed by atoms with Gasteiger partial charge in [0.15, 0.2) is 0 Å². The van der Waals surface area contributed by atoms with E-state index in [0.29, 0.717) is 13.2 Å². The van der Waals surface area contributed by atoms with Gasteiger partial charge in [0.1, 0.15) is 6.04 Å². The molecule has 1 aromatic heterocycles. The third kappa shape index (κ3) is 8.20. The number of nitrogens with zero attached hydrogens (tertiary/aromatic N) is 1. The van der Waals surface area contributed by atoms with Crippen LogP contribution in [0.1, 0.15) is 51.3 Å². The first-order valence-corrected chi connectivity index (χ1v) is 14.7. The Labute approximate surface area is 255 Å². The van der Waals surface area contributed by atoms with Gasteiger partial charge in [0, 0.05) is 47.7 Å². The lowest BCUT2D eigenvalue weighted by Gasteiger charge is -2.25. The Bertz CT molecular complexity index is 1420. The fourth-order valence-corrected chi connectivity index (χ4v) is 5.80. The Kier molecular flexibility index (Phi) is 11.1. The minimum Gasteiger partial charge on any atom is -0.347 e. The Hall–Kier alpha value is -3.85. The molecule has 2 aromatic carbocycles. The standard InChI is InChI=1S/C30H33F4N5O4S/c1-18(25-11-19(16-44-25)13-36-17-35)38-28(42)24-12-23(43-29(31)32)15-39(24)26(40)14-37-27(41)20-7-9-22(10-8-20)30(33,34)21-5-3-2-4-6-21/h2-11,16,18,23-24,29,36H,12-15,17,35H2,1H3,(H,37,41)(H,38,42)/t18-,23-,24+/m1/s1. The average Bonchev–Trinajstić information content (AvgIpc) is 3.66. The number of ether oxygens (including phenoxy) is 1. The third-order valence-corrected chi connectivity index (χ3v) is 8.32. The highest BCUT2D eigenvalue weighted by molar-refractivity contribution is 7.10. The highest BCUT2D eigenvalue weighted by Gasteiger charge is 2.41. The highest BCUT2D eigenvalue weighted by atomic mass is 32.1. The molecule has 1 aliphatic rings. The van der Waals surface area contributed by atoms with Gasteiger partial charge in [-0.3, -0.25) is 14.4 Å². The first-order chi connectivity index (χ1) is 21.0. The fourth-order valence-electron chi connectivity index (χ4n) is 4.88. The van der Waals surface area contributed by atoms with E-state index in [1.54, 1.807) is 13.0 Å². The van der Waals surface area contributed by atoms with Gasteiger partial charge in [0.05, 0.1) is 18.7 Å². The van der Waals surface area contributed by atoms with Gasteiger partial charge in [0.2, 0.25) is 11.8 Å². The van der Waals surface area contributed by atoms with E-state index in [0.717, 1.165) is 27.5 Å². The van der Waals surface area contributed by atoms with Crippen molar-refractivity contribution in [3.63, 3.8) is 0 Å². The van der Waals surface area contributed by atoms with Crippen LogP contribution in [0.3, 0.4) is 0 Å². The molecule has 14 heteroatoms. The molecule has 2 heterocycles. The van der Waals surface area contributed by atoms with Gasteiger partial charge in [-0.1, -0.05) is 42.5 Å². The number of hydrogen-bond acceptors (Lipinski definition) is 7. The van der Waals surface area contributed by atoms with Crippen LogP contribution < -0.4 is 21.7 Å². The van der Waals surface area contributed by atoms with Gasteiger partial charge in [-0.2, -0.15) is 17.6 Å². The average molecular weight is 636 g/mol. The third-order valence-electron chi connectivity index (χ3n) is 7.16. The summed E-state index contributed by atoms with van der Waals surface area (Å²) in [5.41, 5.74) is 5.96. The number of nitrogens with two attached hydrogens (primary N) is 1. The van der Waals surface area contributed by atoms with Crippen molar-refractivity contribution >= 4 is 29.1 Å². The molecular weight excluding hydrogens is 602 g/mol. The smallest absolute Gasteiger partial charge is 0.345 e. The molecule has 3 atom stereocenters. The first-order valence-electron chi connectivity index (χ1n) is 13.8. The number of carbonyl (C=O) groups excluding carboxylic acids is 3. The number of carbonyl (C=O) groups is 3. The molecule has 4 rings (SSSR count). The quantitative estimate of drug-likeness (QED) is 0.168. The summed E-state index contributed by atoms with van der Waals surface area (Å²) in [6.45, 7) is -1.29. The fraction of sp³-hybridized carbons (Fsp3) is 0.367. The van der Waals surface area contributed by atoms with Crippen LogP contribution in [-0.4, -0.2) is 61.1 Å². The lowest BCUT2D eigenvalue weighted by atomic mass is 9.99. The van der Waals surface area contributed by atoms with E-state index in [-0.39, 0.29) is 29.7 Å². The van der Waals surface area contributed by atoms with Gasteiger partial charge < -0.3 is 31.3 Å². The number of amides is 3. The zero-order chi connectivity index (χ0) is 31.9. The summed E-state index contributed by atoms with van der Waals surface area (Å²) in [7, 11) is 0. The van der Waals surface area contributed by atoms with Crippen molar-refractivity contribution < 1.29 is 36.7 Å². The van der Waals surface area contributed by atoms with Crippen LogP contribution in [-0.2, 0) is 26.8 Å². The number of nitrogens with one attached hydrogen (secondary N) is 3. The molecule has 3 amide bonds. The molecule has 0 radical (unpaired) electrons. The first kappa shape index (κ1) is 33.1. The maximum atomic E-state index is 14.8. The van der Waals surface area contributed by atoms with E-state index < -0.39 is 55.0 Å². The van der Waals surface area contributed by atoms with Crippen LogP contribution in [0.25, 0.3) is 0 Å². The SMILES string of the molecule is C[C@@H](NC(=O)[C@@H]1C[C@@H](OC(F)F)CN1C(=O)CNC(=O)c1ccc(C(F)(F)c2ccccc2)cc1)c1cc(CNCN)cs1. The summed E-state index contributed by atoms with van der Waals surface area (Å²) in [5.74, 6) is -5.23. The molecule has 236 valence electrons. The second kappa shape index (κ2) is 14.8. The van der Waals surface area contributed by atoms with E-state index in [1.807, 2.05) is 11.4 Å². The predicted molar refractivity (Wildman–Crippen MR) is 156 cm³/mol. The molecule has 0 spiro atoms. The summed E-state index contributed by atoms with van der Waals surface area (Å²) in [4.78, 5) is 41.0. The summed E-state index contributed by atoms with van der Waals surface area (Å²) < 4.78 is 60.2.